The molecule has 0 N–H and O–H groups in total. The second kappa shape index (κ2) is 5.62. The van der Waals surface area contributed by atoms with Crippen molar-refractivity contribution in [3.8, 4) is 11.4 Å². The number of carbonyl (C=O) groups excluding carboxylic acids is 1. The fraction of sp³-hybridized carbons (Fsp3) is 0.250. The van der Waals surface area contributed by atoms with E-state index in [4.69, 9.17) is 11.6 Å². The van der Waals surface area contributed by atoms with Crippen molar-refractivity contribution in [1.29, 1.82) is 0 Å². The molecule has 23 heavy (non-hydrogen) atoms. The molecule has 6 nitrogen and oxygen atoms in total. The molecule has 0 spiro atoms. The Kier molecular flexibility index (Phi) is 3.46. The minimum atomic E-state index is 0.0493. The van der Waals surface area contributed by atoms with Gasteiger partial charge in [-0.15, -0.1) is 10.2 Å². The predicted octanol–water partition coefficient (Wildman–Crippen LogP) is 2.68. The van der Waals surface area contributed by atoms with Crippen LogP contribution in [-0.4, -0.2) is 43.5 Å². The Labute approximate surface area is 137 Å². The van der Waals surface area contributed by atoms with Crippen LogP contribution >= 0.6 is 11.6 Å². The predicted molar refractivity (Wildman–Crippen MR) is 86.4 cm³/mol. The number of amides is 1. The minimum absolute atomic E-state index is 0.0493. The molecule has 3 aromatic heterocycles. The molecule has 1 aliphatic rings. The normalized spacial score (nSPS) is 14.6. The van der Waals surface area contributed by atoms with Gasteiger partial charge in [0.25, 0.3) is 5.91 Å². The first-order valence-electron chi connectivity index (χ1n) is 7.47. The molecule has 0 aliphatic carbocycles. The molecule has 0 saturated carbocycles. The SMILES string of the molecule is O=C(c1ccc2nnc(-c3cncc(Cl)c3)n2c1)N1CCCC1. The van der Waals surface area contributed by atoms with Gasteiger partial charge in [0.1, 0.15) is 0 Å². The molecule has 4 heterocycles. The van der Waals surface area contributed by atoms with E-state index in [0.29, 0.717) is 22.1 Å². The van der Waals surface area contributed by atoms with Gasteiger partial charge >= 0.3 is 0 Å². The molecule has 0 radical (unpaired) electrons. The zero-order valence-electron chi connectivity index (χ0n) is 12.3. The quantitative estimate of drug-likeness (QED) is 0.726. The van der Waals surface area contributed by atoms with E-state index in [-0.39, 0.29) is 5.91 Å². The van der Waals surface area contributed by atoms with Crippen molar-refractivity contribution < 1.29 is 4.79 Å². The molecule has 7 heteroatoms. The number of fused-ring (bicyclic) bond motifs is 1. The van der Waals surface area contributed by atoms with Gasteiger partial charge in [0.15, 0.2) is 11.5 Å². The van der Waals surface area contributed by atoms with Crippen LogP contribution in [0.2, 0.25) is 5.02 Å². The number of hydrogen-bond acceptors (Lipinski definition) is 4. The van der Waals surface area contributed by atoms with Crippen molar-refractivity contribution in [2.45, 2.75) is 12.8 Å². The van der Waals surface area contributed by atoms with Gasteiger partial charge < -0.3 is 4.90 Å². The second-order valence-corrected chi connectivity index (χ2v) is 6.00. The van der Waals surface area contributed by atoms with Crippen LogP contribution in [-0.2, 0) is 0 Å². The van der Waals surface area contributed by atoms with E-state index in [0.717, 1.165) is 31.5 Å². The van der Waals surface area contributed by atoms with Crippen LogP contribution in [0.5, 0.6) is 0 Å². The van der Waals surface area contributed by atoms with Crippen LogP contribution in [0.15, 0.2) is 36.8 Å². The summed E-state index contributed by atoms with van der Waals surface area (Å²) in [5.74, 6) is 0.666. The molecule has 0 aromatic carbocycles. The van der Waals surface area contributed by atoms with Crippen molar-refractivity contribution in [2.75, 3.05) is 13.1 Å². The molecule has 1 amide bonds. The van der Waals surface area contributed by atoms with Crippen LogP contribution in [0.4, 0.5) is 0 Å². The standard InChI is InChI=1S/C16H14ClN5O/c17-13-7-12(8-18-9-13)15-20-19-14-4-3-11(10-22(14)15)16(23)21-5-1-2-6-21/h3-4,7-10H,1-2,5-6H2. The van der Waals surface area contributed by atoms with E-state index in [2.05, 4.69) is 15.2 Å². The maximum atomic E-state index is 12.6. The Hall–Kier alpha value is -2.47. The van der Waals surface area contributed by atoms with E-state index in [1.165, 1.54) is 0 Å². The third-order valence-electron chi connectivity index (χ3n) is 4.01. The molecular formula is C16H14ClN5O. The molecule has 116 valence electrons. The number of aromatic nitrogens is 4. The number of nitrogens with zero attached hydrogens (tertiary/aromatic N) is 5. The lowest BCUT2D eigenvalue weighted by molar-refractivity contribution is 0.0792. The highest BCUT2D eigenvalue weighted by molar-refractivity contribution is 6.30. The lowest BCUT2D eigenvalue weighted by atomic mass is 10.2. The van der Waals surface area contributed by atoms with Gasteiger partial charge in [0.2, 0.25) is 0 Å². The second-order valence-electron chi connectivity index (χ2n) is 5.56. The van der Waals surface area contributed by atoms with Crippen molar-refractivity contribution in [1.82, 2.24) is 24.5 Å². The topological polar surface area (TPSA) is 63.4 Å². The fourth-order valence-corrected chi connectivity index (χ4v) is 3.02. The smallest absolute Gasteiger partial charge is 0.255 e. The number of rotatable bonds is 2. The summed E-state index contributed by atoms with van der Waals surface area (Å²) < 4.78 is 1.80. The average molecular weight is 328 g/mol. The molecular weight excluding hydrogens is 314 g/mol. The Balaban J connectivity index is 1.78. The van der Waals surface area contributed by atoms with Crippen LogP contribution in [0, 0.1) is 0 Å². The first-order chi connectivity index (χ1) is 11.2. The van der Waals surface area contributed by atoms with Crippen LogP contribution in [0.1, 0.15) is 23.2 Å². The lowest BCUT2D eigenvalue weighted by Crippen LogP contribution is -2.27. The summed E-state index contributed by atoms with van der Waals surface area (Å²) in [5, 5.41) is 8.86. The molecule has 1 saturated heterocycles. The van der Waals surface area contributed by atoms with E-state index < -0.39 is 0 Å². The van der Waals surface area contributed by atoms with Gasteiger partial charge in [-0.3, -0.25) is 14.2 Å². The maximum Gasteiger partial charge on any atom is 0.255 e. The Bertz CT molecular complexity index is 885. The summed E-state index contributed by atoms with van der Waals surface area (Å²) in [7, 11) is 0. The molecule has 0 atom stereocenters. The van der Waals surface area contributed by atoms with Gasteiger partial charge in [-0.05, 0) is 31.0 Å². The molecule has 1 fully saturated rings. The number of carbonyl (C=O) groups is 1. The molecule has 0 unspecified atom stereocenters. The van der Waals surface area contributed by atoms with Gasteiger partial charge in [0, 0.05) is 37.2 Å². The summed E-state index contributed by atoms with van der Waals surface area (Å²) in [4.78, 5) is 18.5. The molecule has 4 rings (SSSR count). The largest absolute Gasteiger partial charge is 0.339 e. The van der Waals surface area contributed by atoms with Gasteiger partial charge in [-0.25, -0.2) is 0 Å². The van der Waals surface area contributed by atoms with Gasteiger partial charge in [0.05, 0.1) is 10.6 Å². The summed E-state index contributed by atoms with van der Waals surface area (Å²) in [6, 6.07) is 5.38. The van der Waals surface area contributed by atoms with Crippen LogP contribution < -0.4 is 0 Å². The summed E-state index contributed by atoms with van der Waals surface area (Å²) in [5.41, 5.74) is 2.07. The van der Waals surface area contributed by atoms with Crippen molar-refractivity contribution in [3.63, 3.8) is 0 Å². The van der Waals surface area contributed by atoms with Crippen molar-refractivity contribution in [3.05, 3.63) is 47.4 Å². The lowest BCUT2D eigenvalue weighted by Gasteiger charge is -2.15. The third kappa shape index (κ3) is 2.55. The number of likely N-dealkylation sites (tertiary alicyclic amines) is 1. The monoisotopic (exact) mass is 327 g/mol. The highest BCUT2D eigenvalue weighted by Crippen LogP contribution is 2.21. The number of halogens is 1. The van der Waals surface area contributed by atoms with Crippen LogP contribution in [0.3, 0.4) is 0 Å². The molecule has 0 bridgehead atoms. The van der Waals surface area contributed by atoms with Crippen LogP contribution in [0.25, 0.3) is 17.0 Å². The zero-order chi connectivity index (χ0) is 15.8. The molecule has 3 aromatic rings. The van der Waals surface area contributed by atoms with E-state index in [1.54, 1.807) is 41.2 Å². The fourth-order valence-electron chi connectivity index (χ4n) is 2.85. The number of pyridine rings is 2. The molecule has 1 aliphatic heterocycles. The number of hydrogen-bond donors (Lipinski definition) is 0. The summed E-state index contributed by atoms with van der Waals surface area (Å²) >= 11 is 6.00. The van der Waals surface area contributed by atoms with Gasteiger partial charge in [-0.1, -0.05) is 11.6 Å². The van der Waals surface area contributed by atoms with Gasteiger partial charge in [-0.2, -0.15) is 0 Å². The summed E-state index contributed by atoms with van der Waals surface area (Å²) in [6.07, 6.45) is 7.17. The summed E-state index contributed by atoms with van der Waals surface area (Å²) in [6.45, 7) is 1.65. The van der Waals surface area contributed by atoms with E-state index in [1.807, 2.05) is 4.90 Å². The minimum Gasteiger partial charge on any atom is -0.339 e. The Morgan fingerprint density at radius 3 is 2.74 bits per heavy atom. The van der Waals surface area contributed by atoms with Crippen molar-refractivity contribution in [2.24, 2.45) is 0 Å². The Morgan fingerprint density at radius 1 is 1.13 bits per heavy atom. The highest BCUT2D eigenvalue weighted by Gasteiger charge is 2.20. The van der Waals surface area contributed by atoms with E-state index in [9.17, 15) is 4.79 Å². The third-order valence-corrected chi connectivity index (χ3v) is 4.21. The first-order valence-corrected chi connectivity index (χ1v) is 7.85. The highest BCUT2D eigenvalue weighted by atomic mass is 35.5. The first kappa shape index (κ1) is 14.1. The van der Waals surface area contributed by atoms with Crippen molar-refractivity contribution >= 4 is 23.2 Å². The van der Waals surface area contributed by atoms with E-state index >= 15 is 0 Å². The zero-order valence-corrected chi connectivity index (χ0v) is 13.1. The average Bonchev–Trinajstić information content (AvgIpc) is 3.23. The maximum absolute atomic E-state index is 12.6. The Morgan fingerprint density at radius 2 is 1.96 bits per heavy atom.